The van der Waals surface area contributed by atoms with Crippen molar-refractivity contribution in [2.45, 2.75) is 6.42 Å². The maximum atomic E-state index is 10.8. The Morgan fingerprint density at radius 3 is 2.86 bits per heavy atom. The molecule has 0 bridgehead atoms. The highest BCUT2D eigenvalue weighted by atomic mass is 35.5. The van der Waals surface area contributed by atoms with E-state index in [1.54, 1.807) is 11.3 Å². The molecule has 2 nitrogen and oxygen atoms in total. The number of carbonyl (C=O) groups is 1. The fourth-order valence-electron chi connectivity index (χ4n) is 1.40. The van der Waals surface area contributed by atoms with Gasteiger partial charge in [0.05, 0.1) is 6.42 Å². The number of primary amides is 1. The molecule has 0 spiro atoms. The minimum absolute atomic E-state index is 0. The summed E-state index contributed by atoms with van der Waals surface area (Å²) in [6, 6.07) is 7.97. The van der Waals surface area contributed by atoms with E-state index in [0.29, 0.717) is 6.42 Å². The molecule has 2 aromatic rings. The van der Waals surface area contributed by atoms with Gasteiger partial charge in [0.2, 0.25) is 5.91 Å². The SMILES string of the molecule is Cl.NC(=O)Cc1cccc2sccc12. The quantitative estimate of drug-likeness (QED) is 0.841. The zero-order valence-corrected chi connectivity index (χ0v) is 9.03. The van der Waals surface area contributed by atoms with Crippen LogP contribution in [0.15, 0.2) is 29.6 Å². The average Bonchev–Trinajstić information content (AvgIpc) is 2.51. The van der Waals surface area contributed by atoms with Crippen LogP contribution >= 0.6 is 23.7 Å². The topological polar surface area (TPSA) is 43.1 Å². The predicted molar refractivity (Wildman–Crippen MR) is 62.0 cm³/mol. The second kappa shape index (κ2) is 4.44. The number of amides is 1. The lowest BCUT2D eigenvalue weighted by atomic mass is 10.1. The summed E-state index contributed by atoms with van der Waals surface area (Å²) in [5, 5.41) is 3.17. The van der Waals surface area contributed by atoms with Crippen LogP contribution in [0, 0.1) is 0 Å². The van der Waals surface area contributed by atoms with Gasteiger partial charge in [-0.2, -0.15) is 0 Å². The van der Waals surface area contributed by atoms with Crippen LogP contribution in [0.25, 0.3) is 10.1 Å². The van der Waals surface area contributed by atoms with Gasteiger partial charge in [0.25, 0.3) is 0 Å². The van der Waals surface area contributed by atoms with E-state index in [0.717, 1.165) is 10.9 Å². The molecule has 2 rings (SSSR count). The Morgan fingerprint density at radius 1 is 1.36 bits per heavy atom. The van der Waals surface area contributed by atoms with Gasteiger partial charge in [-0.1, -0.05) is 12.1 Å². The summed E-state index contributed by atoms with van der Waals surface area (Å²) in [5.74, 6) is -0.279. The van der Waals surface area contributed by atoms with Crippen LogP contribution in [0.5, 0.6) is 0 Å². The molecule has 1 aromatic heterocycles. The van der Waals surface area contributed by atoms with Gasteiger partial charge in [-0.3, -0.25) is 4.79 Å². The van der Waals surface area contributed by atoms with Gasteiger partial charge in [0, 0.05) is 4.70 Å². The summed E-state index contributed by atoms with van der Waals surface area (Å²) >= 11 is 1.68. The first-order chi connectivity index (χ1) is 6.27. The number of nitrogens with two attached hydrogens (primary N) is 1. The van der Waals surface area contributed by atoms with Crippen LogP contribution in [0.4, 0.5) is 0 Å². The Morgan fingerprint density at radius 2 is 2.14 bits per heavy atom. The molecular formula is C10H10ClNOS. The smallest absolute Gasteiger partial charge is 0.221 e. The highest BCUT2D eigenvalue weighted by Gasteiger charge is 2.03. The normalized spacial score (nSPS) is 9.71. The van der Waals surface area contributed by atoms with Crippen molar-refractivity contribution in [1.82, 2.24) is 0 Å². The molecule has 1 amide bonds. The standard InChI is InChI=1S/C10H9NOS.ClH/c11-10(12)6-7-2-1-3-9-8(7)4-5-13-9;/h1-5H,6H2,(H2,11,12);1H. The Hall–Kier alpha value is -1.06. The first-order valence-electron chi connectivity index (χ1n) is 4.01. The predicted octanol–water partition coefficient (Wildman–Crippen LogP) is 2.35. The number of halogens is 1. The summed E-state index contributed by atoms with van der Waals surface area (Å²) < 4.78 is 1.21. The van der Waals surface area contributed by atoms with Gasteiger partial charge in [-0.25, -0.2) is 0 Å². The molecular weight excluding hydrogens is 218 g/mol. The molecule has 0 atom stereocenters. The van der Waals surface area contributed by atoms with Crippen LogP contribution in [0.3, 0.4) is 0 Å². The molecule has 4 heteroatoms. The summed E-state index contributed by atoms with van der Waals surface area (Å²) in [7, 11) is 0. The van der Waals surface area contributed by atoms with E-state index in [4.69, 9.17) is 5.73 Å². The van der Waals surface area contributed by atoms with Crippen LogP contribution in [0.2, 0.25) is 0 Å². The van der Waals surface area contributed by atoms with Crippen molar-refractivity contribution >= 4 is 39.7 Å². The molecule has 0 radical (unpaired) electrons. The van der Waals surface area contributed by atoms with Gasteiger partial charge in [0.1, 0.15) is 0 Å². The van der Waals surface area contributed by atoms with Crippen LogP contribution in [-0.2, 0) is 11.2 Å². The lowest BCUT2D eigenvalue weighted by Gasteiger charge is -1.98. The summed E-state index contributed by atoms with van der Waals surface area (Å²) in [6.45, 7) is 0. The largest absolute Gasteiger partial charge is 0.369 e. The highest BCUT2D eigenvalue weighted by molar-refractivity contribution is 7.17. The number of thiophene rings is 1. The minimum atomic E-state index is -0.279. The van der Waals surface area contributed by atoms with Crippen molar-refractivity contribution < 1.29 is 4.79 Å². The molecule has 0 unspecified atom stereocenters. The number of carbonyl (C=O) groups excluding carboxylic acids is 1. The highest BCUT2D eigenvalue weighted by Crippen LogP contribution is 2.24. The average molecular weight is 228 g/mol. The Bertz CT molecular complexity index is 452. The lowest BCUT2D eigenvalue weighted by molar-refractivity contribution is -0.117. The summed E-state index contributed by atoms with van der Waals surface area (Å²) in [4.78, 5) is 10.8. The third-order valence-corrected chi connectivity index (χ3v) is 2.83. The van der Waals surface area contributed by atoms with Crippen molar-refractivity contribution in [3.63, 3.8) is 0 Å². The molecule has 1 aromatic carbocycles. The fraction of sp³-hybridized carbons (Fsp3) is 0.100. The monoisotopic (exact) mass is 227 g/mol. The number of rotatable bonds is 2. The van der Waals surface area contributed by atoms with Gasteiger partial charge in [0.15, 0.2) is 0 Å². The van der Waals surface area contributed by atoms with E-state index >= 15 is 0 Å². The minimum Gasteiger partial charge on any atom is -0.369 e. The van der Waals surface area contributed by atoms with Crippen LogP contribution < -0.4 is 5.73 Å². The number of benzene rings is 1. The van der Waals surface area contributed by atoms with Gasteiger partial charge in [-0.05, 0) is 28.5 Å². The van der Waals surface area contributed by atoms with Crippen molar-refractivity contribution in [3.8, 4) is 0 Å². The molecule has 0 aliphatic rings. The fourth-order valence-corrected chi connectivity index (χ4v) is 2.23. The third-order valence-electron chi connectivity index (χ3n) is 1.95. The number of hydrogen-bond donors (Lipinski definition) is 1. The Kier molecular flexibility index (Phi) is 3.49. The van der Waals surface area contributed by atoms with E-state index in [-0.39, 0.29) is 18.3 Å². The van der Waals surface area contributed by atoms with Gasteiger partial charge < -0.3 is 5.73 Å². The molecule has 0 saturated heterocycles. The summed E-state index contributed by atoms with van der Waals surface area (Å²) in [6.07, 6.45) is 0.327. The maximum Gasteiger partial charge on any atom is 0.221 e. The van der Waals surface area contributed by atoms with Crippen molar-refractivity contribution in [2.75, 3.05) is 0 Å². The maximum absolute atomic E-state index is 10.8. The van der Waals surface area contributed by atoms with E-state index in [1.165, 1.54) is 4.70 Å². The molecule has 2 N–H and O–H groups in total. The molecule has 0 fully saturated rings. The molecule has 74 valence electrons. The Balaban J connectivity index is 0.000000980. The van der Waals surface area contributed by atoms with E-state index < -0.39 is 0 Å². The first kappa shape index (κ1) is 11.0. The van der Waals surface area contributed by atoms with Crippen LogP contribution in [-0.4, -0.2) is 5.91 Å². The molecule has 0 saturated carbocycles. The zero-order chi connectivity index (χ0) is 9.26. The molecule has 0 aliphatic carbocycles. The van der Waals surface area contributed by atoms with E-state index in [1.807, 2.05) is 29.6 Å². The third kappa shape index (κ3) is 2.05. The second-order valence-electron chi connectivity index (χ2n) is 2.89. The molecule has 1 heterocycles. The number of fused-ring (bicyclic) bond motifs is 1. The van der Waals surface area contributed by atoms with Crippen molar-refractivity contribution in [2.24, 2.45) is 5.73 Å². The molecule has 14 heavy (non-hydrogen) atoms. The second-order valence-corrected chi connectivity index (χ2v) is 3.84. The first-order valence-corrected chi connectivity index (χ1v) is 4.89. The van der Waals surface area contributed by atoms with Crippen molar-refractivity contribution in [1.29, 1.82) is 0 Å². The number of hydrogen-bond acceptors (Lipinski definition) is 2. The molecule has 0 aliphatic heterocycles. The van der Waals surface area contributed by atoms with Crippen LogP contribution in [0.1, 0.15) is 5.56 Å². The van der Waals surface area contributed by atoms with Crippen molar-refractivity contribution in [3.05, 3.63) is 35.2 Å². The lowest BCUT2D eigenvalue weighted by Crippen LogP contribution is -2.13. The van der Waals surface area contributed by atoms with Gasteiger partial charge >= 0.3 is 0 Å². The zero-order valence-electron chi connectivity index (χ0n) is 7.40. The van der Waals surface area contributed by atoms with E-state index in [2.05, 4.69) is 0 Å². The summed E-state index contributed by atoms with van der Waals surface area (Å²) in [5.41, 5.74) is 6.17. The van der Waals surface area contributed by atoms with E-state index in [9.17, 15) is 4.79 Å². The van der Waals surface area contributed by atoms with Gasteiger partial charge in [-0.15, -0.1) is 23.7 Å². The Labute approximate surface area is 92.1 Å².